The quantitative estimate of drug-likeness (QED) is 0.516. The van der Waals surface area contributed by atoms with Gasteiger partial charge in [-0.15, -0.1) is 34.0 Å². The van der Waals surface area contributed by atoms with E-state index in [9.17, 15) is 9.59 Å². The summed E-state index contributed by atoms with van der Waals surface area (Å²) in [5.74, 6) is -0.0729. The van der Waals surface area contributed by atoms with Gasteiger partial charge >= 0.3 is 0 Å². The summed E-state index contributed by atoms with van der Waals surface area (Å²) in [6.07, 6.45) is 4.69. The first-order chi connectivity index (χ1) is 14.2. The Labute approximate surface area is 183 Å². The maximum absolute atomic E-state index is 13.4. The summed E-state index contributed by atoms with van der Waals surface area (Å²) >= 11 is 4.73. The van der Waals surface area contributed by atoms with Crippen molar-refractivity contribution in [3.8, 4) is 0 Å². The summed E-state index contributed by atoms with van der Waals surface area (Å²) in [5, 5.41) is 9.18. The zero-order chi connectivity index (χ0) is 20.1. The SMILES string of the molecule is O=C(NC1CCCC1)[C@H](c1cccs1)N(Cc1cccs1)C(=O)Cc1cccs1. The number of amides is 2. The average molecular weight is 445 g/mol. The Bertz CT molecular complexity index is 898. The second-order valence-electron chi connectivity index (χ2n) is 7.27. The summed E-state index contributed by atoms with van der Waals surface area (Å²) in [6, 6.07) is 11.5. The number of nitrogens with one attached hydrogen (secondary N) is 1. The molecule has 1 aliphatic carbocycles. The third kappa shape index (κ3) is 5.15. The molecule has 0 saturated heterocycles. The third-order valence-corrected chi connectivity index (χ3v) is 7.87. The molecule has 4 nitrogen and oxygen atoms in total. The molecule has 0 aromatic carbocycles. The monoisotopic (exact) mass is 444 g/mol. The van der Waals surface area contributed by atoms with E-state index in [0.29, 0.717) is 13.0 Å². The molecule has 0 radical (unpaired) electrons. The van der Waals surface area contributed by atoms with Crippen LogP contribution in [0.4, 0.5) is 0 Å². The van der Waals surface area contributed by atoms with Gasteiger partial charge in [0.2, 0.25) is 11.8 Å². The first-order valence-electron chi connectivity index (χ1n) is 9.88. The first kappa shape index (κ1) is 20.3. The van der Waals surface area contributed by atoms with Gasteiger partial charge in [0.15, 0.2) is 0 Å². The fraction of sp³-hybridized carbons (Fsp3) is 0.364. The van der Waals surface area contributed by atoms with Crippen molar-refractivity contribution >= 4 is 45.8 Å². The lowest BCUT2D eigenvalue weighted by atomic mass is 10.1. The van der Waals surface area contributed by atoms with E-state index >= 15 is 0 Å². The van der Waals surface area contributed by atoms with Crippen molar-refractivity contribution in [3.05, 3.63) is 67.2 Å². The smallest absolute Gasteiger partial charge is 0.248 e. The van der Waals surface area contributed by atoms with Crippen LogP contribution < -0.4 is 5.32 Å². The molecule has 3 aromatic heterocycles. The van der Waals surface area contributed by atoms with Gasteiger partial charge in [-0.3, -0.25) is 9.59 Å². The van der Waals surface area contributed by atoms with Gasteiger partial charge in [-0.2, -0.15) is 0 Å². The van der Waals surface area contributed by atoms with Crippen LogP contribution in [0.2, 0.25) is 0 Å². The number of hydrogen-bond acceptors (Lipinski definition) is 5. The molecule has 0 spiro atoms. The Morgan fingerprint density at radius 2 is 1.62 bits per heavy atom. The summed E-state index contributed by atoms with van der Waals surface area (Å²) in [4.78, 5) is 31.5. The van der Waals surface area contributed by atoms with E-state index in [1.165, 1.54) is 11.3 Å². The first-order valence-corrected chi connectivity index (χ1v) is 12.5. The van der Waals surface area contributed by atoms with Crippen LogP contribution in [0.15, 0.2) is 52.5 Å². The fourth-order valence-corrected chi connectivity index (χ4v) is 6.01. The highest BCUT2D eigenvalue weighted by Gasteiger charge is 2.34. The zero-order valence-corrected chi connectivity index (χ0v) is 18.5. The Balaban J connectivity index is 1.62. The molecule has 1 saturated carbocycles. The van der Waals surface area contributed by atoms with Crippen LogP contribution in [0.1, 0.15) is 46.4 Å². The molecule has 1 aliphatic rings. The highest BCUT2D eigenvalue weighted by atomic mass is 32.1. The summed E-state index contributed by atoms with van der Waals surface area (Å²) in [7, 11) is 0. The molecule has 29 heavy (non-hydrogen) atoms. The van der Waals surface area contributed by atoms with Gasteiger partial charge in [0, 0.05) is 20.7 Å². The lowest BCUT2D eigenvalue weighted by molar-refractivity contribution is -0.141. The normalized spacial score (nSPS) is 15.3. The number of carbonyl (C=O) groups is 2. The van der Waals surface area contributed by atoms with Crippen LogP contribution >= 0.6 is 34.0 Å². The van der Waals surface area contributed by atoms with E-state index in [-0.39, 0.29) is 17.9 Å². The molecule has 0 aliphatic heterocycles. The van der Waals surface area contributed by atoms with Crippen molar-refractivity contribution in [2.75, 3.05) is 0 Å². The Morgan fingerprint density at radius 3 is 2.24 bits per heavy atom. The van der Waals surface area contributed by atoms with Crippen molar-refractivity contribution in [2.45, 2.75) is 50.7 Å². The van der Waals surface area contributed by atoms with Crippen molar-refractivity contribution in [1.82, 2.24) is 10.2 Å². The standard InChI is InChI=1S/C22H24N2O2S3/c25-20(14-17-8-3-11-27-17)24(15-18-9-4-12-28-18)21(19-10-5-13-29-19)22(26)23-16-6-1-2-7-16/h3-5,8-13,16,21H,1-2,6-7,14-15H2,(H,23,26)/t21-/m0/s1. The van der Waals surface area contributed by atoms with E-state index in [1.807, 2.05) is 52.5 Å². The Hall–Kier alpha value is -1.96. The van der Waals surface area contributed by atoms with Gasteiger partial charge < -0.3 is 10.2 Å². The second kappa shape index (κ2) is 9.69. The summed E-state index contributed by atoms with van der Waals surface area (Å²) < 4.78 is 0. The van der Waals surface area contributed by atoms with E-state index in [4.69, 9.17) is 0 Å². The van der Waals surface area contributed by atoms with Gasteiger partial charge in [0.1, 0.15) is 6.04 Å². The maximum atomic E-state index is 13.4. The topological polar surface area (TPSA) is 49.4 Å². The molecular formula is C22H24N2O2S3. The van der Waals surface area contributed by atoms with E-state index < -0.39 is 6.04 Å². The number of rotatable bonds is 8. The zero-order valence-electron chi connectivity index (χ0n) is 16.1. The average Bonchev–Trinajstić information content (AvgIpc) is 3.49. The number of hydrogen-bond donors (Lipinski definition) is 1. The number of carbonyl (C=O) groups excluding carboxylic acids is 2. The van der Waals surface area contributed by atoms with E-state index in [1.54, 1.807) is 27.6 Å². The van der Waals surface area contributed by atoms with Crippen molar-refractivity contribution in [1.29, 1.82) is 0 Å². The van der Waals surface area contributed by atoms with E-state index in [2.05, 4.69) is 5.32 Å². The van der Waals surface area contributed by atoms with Crippen LogP contribution in [-0.4, -0.2) is 22.8 Å². The lowest BCUT2D eigenvalue weighted by Crippen LogP contribution is -2.45. The molecule has 0 unspecified atom stereocenters. The molecule has 3 heterocycles. The summed E-state index contributed by atoms with van der Waals surface area (Å²) in [5.41, 5.74) is 0. The minimum atomic E-state index is -0.592. The molecular weight excluding hydrogens is 420 g/mol. The minimum absolute atomic E-state index is 0.0131. The predicted octanol–water partition coefficient (Wildman–Crippen LogP) is 5.24. The van der Waals surface area contributed by atoms with Gasteiger partial charge in [-0.05, 0) is 47.2 Å². The largest absolute Gasteiger partial charge is 0.351 e. The van der Waals surface area contributed by atoms with Gasteiger partial charge in [0.05, 0.1) is 13.0 Å². The number of thiophene rings is 3. The van der Waals surface area contributed by atoms with Crippen LogP contribution in [0.25, 0.3) is 0 Å². The molecule has 3 aromatic rings. The molecule has 4 rings (SSSR count). The highest BCUT2D eigenvalue weighted by Crippen LogP contribution is 2.30. The Morgan fingerprint density at radius 1 is 0.966 bits per heavy atom. The Kier molecular flexibility index (Phi) is 6.79. The van der Waals surface area contributed by atoms with Crippen molar-refractivity contribution in [3.63, 3.8) is 0 Å². The van der Waals surface area contributed by atoms with E-state index in [0.717, 1.165) is 40.3 Å². The van der Waals surface area contributed by atoms with Crippen LogP contribution in [0.3, 0.4) is 0 Å². The van der Waals surface area contributed by atoms with Crippen molar-refractivity contribution in [2.24, 2.45) is 0 Å². The molecule has 2 amide bonds. The third-order valence-electron chi connectivity index (χ3n) is 5.21. The van der Waals surface area contributed by atoms with Crippen LogP contribution in [0.5, 0.6) is 0 Å². The maximum Gasteiger partial charge on any atom is 0.248 e. The molecule has 1 fully saturated rings. The lowest BCUT2D eigenvalue weighted by Gasteiger charge is -2.31. The second-order valence-corrected chi connectivity index (χ2v) is 10.3. The van der Waals surface area contributed by atoms with Crippen LogP contribution in [-0.2, 0) is 22.6 Å². The van der Waals surface area contributed by atoms with Crippen molar-refractivity contribution < 1.29 is 9.59 Å². The number of nitrogens with zero attached hydrogens (tertiary/aromatic N) is 1. The van der Waals surface area contributed by atoms with Crippen LogP contribution in [0, 0.1) is 0 Å². The highest BCUT2D eigenvalue weighted by molar-refractivity contribution is 7.10. The fourth-order valence-electron chi connectivity index (χ4n) is 3.78. The van der Waals surface area contributed by atoms with Gasteiger partial charge in [-0.25, -0.2) is 0 Å². The molecule has 1 atom stereocenters. The summed E-state index contributed by atoms with van der Waals surface area (Å²) in [6.45, 7) is 0.447. The van der Waals surface area contributed by atoms with Gasteiger partial charge in [0.25, 0.3) is 0 Å². The molecule has 7 heteroatoms. The minimum Gasteiger partial charge on any atom is -0.351 e. The molecule has 0 bridgehead atoms. The predicted molar refractivity (Wildman–Crippen MR) is 120 cm³/mol. The molecule has 1 N–H and O–H groups in total. The van der Waals surface area contributed by atoms with Gasteiger partial charge in [-0.1, -0.05) is 31.0 Å². The molecule has 152 valence electrons.